The smallest absolute Gasteiger partial charge is 0.145 e. The first-order chi connectivity index (χ1) is 10.9. The Kier molecular flexibility index (Phi) is 2.87. The van der Waals surface area contributed by atoms with E-state index in [1.165, 1.54) is 44.9 Å². The zero-order chi connectivity index (χ0) is 16.1. The third kappa shape index (κ3) is 1.50. The minimum Gasteiger partial charge on any atom is -0.327 e. The zero-order valence-electron chi connectivity index (χ0n) is 15.1. The number of hydrogen-bond donors (Lipinski definition) is 1. The van der Waals surface area contributed by atoms with E-state index in [0.29, 0.717) is 23.5 Å². The molecule has 5 aliphatic rings. The molecule has 0 saturated heterocycles. The fraction of sp³-hybridized carbons (Fsp3) is 0.952. The first-order valence-electron chi connectivity index (χ1n) is 10.2. The molecule has 4 bridgehead atoms. The van der Waals surface area contributed by atoms with E-state index < -0.39 is 0 Å². The summed E-state index contributed by atoms with van der Waals surface area (Å²) in [5, 5.41) is 0. The molecule has 128 valence electrons. The van der Waals surface area contributed by atoms with Gasteiger partial charge in [0.05, 0.1) is 0 Å². The Morgan fingerprint density at radius 2 is 1.57 bits per heavy atom. The van der Waals surface area contributed by atoms with Crippen LogP contribution < -0.4 is 5.73 Å². The normalized spacial score (nSPS) is 63.2. The highest BCUT2D eigenvalue weighted by molar-refractivity contribution is 5.94. The van der Waals surface area contributed by atoms with Crippen LogP contribution in [0.4, 0.5) is 0 Å². The Bertz CT molecular complexity index is 556. The molecular weight excluding hydrogens is 282 g/mol. The molecule has 10 unspecified atom stereocenters. The van der Waals surface area contributed by atoms with Crippen molar-refractivity contribution in [1.82, 2.24) is 0 Å². The highest BCUT2D eigenvalue weighted by Crippen LogP contribution is 2.73. The fourth-order valence-corrected chi connectivity index (χ4v) is 8.74. The van der Waals surface area contributed by atoms with Gasteiger partial charge in [-0.3, -0.25) is 4.79 Å². The highest BCUT2D eigenvalue weighted by atomic mass is 16.1. The number of carbonyl (C=O) groups excluding carboxylic acids is 1. The van der Waals surface area contributed by atoms with Gasteiger partial charge in [0.25, 0.3) is 0 Å². The number of ketones is 1. The van der Waals surface area contributed by atoms with Gasteiger partial charge >= 0.3 is 0 Å². The lowest BCUT2D eigenvalue weighted by molar-refractivity contribution is -0.141. The second-order valence-electron chi connectivity index (χ2n) is 10.1. The van der Waals surface area contributed by atoms with Gasteiger partial charge in [0, 0.05) is 16.9 Å². The predicted molar refractivity (Wildman–Crippen MR) is 91.6 cm³/mol. The molecular formula is C21H33NO. The summed E-state index contributed by atoms with van der Waals surface area (Å²) in [6.45, 7) is 7.12. The van der Waals surface area contributed by atoms with Crippen LogP contribution in [0.25, 0.3) is 0 Å². The molecule has 0 radical (unpaired) electrons. The van der Waals surface area contributed by atoms with Crippen molar-refractivity contribution >= 4 is 5.78 Å². The van der Waals surface area contributed by atoms with E-state index >= 15 is 0 Å². The van der Waals surface area contributed by atoms with E-state index in [9.17, 15) is 4.79 Å². The molecule has 0 amide bonds. The molecule has 2 nitrogen and oxygen atoms in total. The Hall–Kier alpha value is -0.370. The Balaban J connectivity index is 1.50. The maximum Gasteiger partial charge on any atom is 0.145 e. The van der Waals surface area contributed by atoms with Crippen LogP contribution in [0.2, 0.25) is 0 Å². The first-order valence-corrected chi connectivity index (χ1v) is 10.2. The second-order valence-corrected chi connectivity index (χ2v) is 10.1. The summed E-state index contributed by atoms with van der Waals surface area (Å²) in [6.07, 6.45) is 8.62. The van der Waals surface area contributed by atoms with Gasteiger partial charge in [0.1, 0.15) is 5.78 Å². The van der Waals surface area contributed by atoms with Gasteiger partial charge < -0.3 is 5.73 Å². The molecule has 2 N–H and O–H groups in total. The van der Waals surface area contributed by atoms with Crippen LogP contribution in [0.5, 0.6) is 0 Å². The van der Waals surface area contributed by atoms with Gasteiger partial charge in [0.15, 0.2) is 0 Å². The van der Waals surface area contributed by atoms with Gasteiger partial charge in [-0.15, -0.1) is 0 Å². The first kappa shape index (κ1) is 14.9. The Morgan fingerprint density at radius 1 is 1.00 bits per heavy atom. The number of hydrogen-bond acceptors (Lipinski definition) is 2. The van der Waals surface area contributed by atoms with Gasteiger partial charge in [-0.1, -0.05) is 27.2 Å². The molecule has 0 aromatic rings. The Morgan fingerprint density at radius 3 is 2.09 bits per heavy atom. The topological polar surface area (TPSA) is 43.1 Å². The molecule has 0 aromatic carbocycles. The SMILES string of the molecule is CCC1C(C)C2CC1C1(CCC3(CC4CC3C(N)C4C)C1=O)C2. The van der Waals surface area contributed by atoms with Crippen LogP contribution in [-0.2, 0) is 4.79 Å². The number of nitrogens with two attached hydrogens (primary N) is 1. The Labute approximate surface area is 141 Å². The predicted octanol–water partition coefficient (Wildman–Crippen LogP) is 4.03. The summed E-state index contributed by atoms with van der Waals surface area (Å²) in [5.41, 5.74) is 6.64. The van der Waals surface area contributed by atoms with E-state index in [1.54, 1.807) is 0 Å². The summed E-state index contributed by atoms with van der Waals surface area (Å²) in [6, 6.07) is 0.285. The largest absolute Gasteiger partial charge is 0.327 e. The fourth-order valence-electron chi connectivity index (χ4n) is 8.74. The standard InChI is InChI=1S/C21H33NO/c1-4-15-11(2)13-7-16(15)20(9-13)5-6-21(19(20)23)10-14-8-17(21)18(22)12(14)3/h11-18H,4-10,22H2,1-3H3. The van der Waals surface area contributed by atoms with E-state index in [4.69, 9.17) is 5.73 Å². The lowest BCUT2D eigenvalue weighted by Gasteiger charge is -2.44. The number of Topliss-reactive ketones (excluding diaryl/α,β-unsaturated/α-hetero) is 1. The molecule has 5 rings (SSSR count). The van der Waals surface area contributed by atoms with Crippen LogP contribution in [0.15, 0.2) is 0 Å². The minimum atomic E-state index is 0.00258. The molecule has 2 heteroatoms. The van der Waals surface area contributed by atoms with Crippen LogP contribution >= 0.6 is 0 Å². The molecule has 0 aromatic heterocycles. The maximum absolute atomic E-state index is 13.9. The minimum absolute atomic E-state index is 0.00258. The zero-order valence-corrected chi connectivity index (χ0v) is 15.1. The number of rotatable bonds is 1. The number of carbonyl (C=O) groups is 1. The third-order valence-electron chi connectivity index (χ3n) is 9.93. The monoisotopic (exact) mass is 315 g/mol. The van der Waals surface area contributed by atoms with Crippen molar-refractivity contribution in [1.29, 1.82) is 0 Å². The maximum atomic E-state index is 13.9. The summed E-state index contributed by atoms with van der Waals surface area (Å²) in [7, 11) is 0. The van der Waals surface area contributed by atoms with Crippen molar-refractivity contribution < 1.29 is 4.79 Å². The van der Waals surface area contributed by atoms with Gasteiger partial charge in [0.2, 0.25) is 0 Å². The van der Waals surface area contributed by atoms with Crippen LogP contribution in [-0.4, -0.2) is 11.8 Å². The van der Waals surface area contributed by atoms with Crippen molar-refractivity contribution in [3.63, 3.8) is 0 Å². The van der Waals surface area contributed by atoms with Crippen LogP contribution in [0, 0.1) is 52.3 Å². The molecule has 10 atom stereocenters. The van der Waals surface area contributed by atoms with Crippen LogP contribution in [0.1, 0.15) is 65.7 Å². The third-order valence-corrected chi connectivity index (χ3v) is 9.93. The molecule has 2 spiro atoms. The quantitative estimate of drug-likeness (QED) is 0.794. The summed E-state index contributed by atoms with van der Waals surface area (Å²) < 4.78 is 0. The van der Waals surface area contributed by atoms with E-state index in [-0.39, 0.29) is 16.9 Å². The molecule has 23 heavy (non-hydrogen) atoms. The van der Waals surface area contributed by atoms with Gasteiger partial charge in [-0.05, 0) is 80.0 Å². The van der Waals surface area contributed by atoms with E-state index in [2.05, 4.69) is 20.8 Å². The highest BCUT2D eigenvalue weighted by Gasteiger charge is 2.72. The number of fused-ring (bicyclic) bond motifs is 6. The van der Waals surface area contributed by atoms with E-state index in [0.717, 1.165) is 23.7 Å². The molecule has 0 heterocycles. The lowest BCUT2D eigenvalue weighted by Crippen LogP contribution is -2.50. The molecule has 5 aliphatic carbocycles. The van der Waals surface area contributed by atoms with Crippen LogP contribution in [0.3, 0.4) is 0 Å². The molecule has 5 fully saturated rings. The second kappa shape index (κ2) is 4.42. The summed E-state index contributed by atoms with van der Waals surface area (Å²) in [4.78, 5) is 13.9. The summed E-state index contributed by atoms with van der Waals surface area (Å²) in [5.74, 6) is 5.76. The van der Waals surface area contributed by atoms with E-state index in [1.807, 2.05) is 0 Å². The van der Waals surface area contributed by atoms with Gasteiger partial charge in [-0.2, -0.15) is 0 Å². The van der Waals surface area contributed by atoms with Crippen molar-refractivity contribution in [2.24, 2.45) is 58.0 Å². The van der Waals surface area contributed by atoms with Crippen molar-refractivity contribution in [3.05, 3.63) is 0 Å². The average molecular weight is 316 g/mol. The van der Waals surface area contributed by atoms with Crippen molar-refractivity contribution in [3.8, 4) is 0 Å². The summed E-state index contributed by atoms with van der Waals surface area (Å²) >= 11 is 0. The van der Waals surface area contributed by atoms with Crippen molar-refractivity contribution in [2.45, 2.75) is 71.8 Å². The average Bonchev–Trinajstić information content (AvgIpc) is 3.29. The molecule has 0 aliphatic heterocycles. The molecule has 5 saturated carbocycles. The lowest BCUT2D eigenvalue weighted by atomic mass is 9.59. The van der Waals surface area contributed by atoms with Crippen molar-refractivity contribution in [2.75, 3.05) is 0 Å². The van der Waals surface area contributed by atoms with Gasteiger partial charge in [-0.25, -0.2) is 0 Å².